The van der Waals surface area contributed by atoms with E-state index < -0.39 is 0 Å². The van der Waals surface area contributed by atoms with Gasteiger partial charge in [0, 0.05) is 18.3 Å². The minimum atomic E-state index is 0.721. The first-order valence-corrected chi connectivity index (χ1v) is 7.10. The van der Waals surface area contributed by atoms with Gasteiger partial charge in [0.25, 0.3) is 5.22 Å². The molecule has 1 aromatic heterocycles. The van der Waals surface area contributed by atoms with E-state index in [0.717, 1.165) is 29.5 Å². The Morgan fingerprint density at radius 2 is 2.38 bits per heavy atom. The van der Waals surface area contributed by atoms with Gasteiger partial charge in [-0.05, 0) is 18.8 Å². The fourth-order valence-corrected chi connectivity index (χ4v) is 2.94. The van der Waals surface area contributed by atoms with Crippen LogP contribution in [0.1, 0.15) is 32.6 Å². The molecule has 0 saturated heterocycles. The second-order valence-corrected chi connectivity index (χ2v) is 5.51. The fraction of sp³-hybridized carbons (Fsp3) is 0.750. The molecule has 2 unspecified atom stereocenters. The van der Waals surface area contributed by atoms with Gasteiger partial charge >= 0.3 is 0 Å². The molecule has 0 radical (unpaired) electrons. The molecule has 1 aliphatic rings. The Morgan fingerprint density at radius 1 is 1.50 bits per heavy atom. The maximum Gasteiger partial charge on any atom is 0.255 e. The summed E-state index contributed by atoms with van der Waals surface area (Å²) >= 11 is 1.68. The summed E-state index contributed by atoms with van der Waals surface area (Å²) in [6.45, 7) is 3.40. The van der Waals surface area contributed by atoms with Crippen LogP contribution in [-0.2, 0) is 0 Å². The maximum atomic E-state index is 5.17. The van der Waals surface area contributed by atoms with Gasteiger partial charge < -0.3 is 9.73 Å². The Hall–Kier alpha value is -0.480. The highest BCUT2D eigenvalue weighted by atomic mass is 32.2. The maximum absolute atomic E-state index is 5.17. The van der Waals surface area contributed by atoms with Crippen LogP contribution >= 0.6 is 11.8 Å². The van der Waals surface area contributed by atoms with Gasteiger partial charge in [0.15, 0.2) is 0 Å². The predicted molar refractivity (Wildman–Crippen MR) is 66.6 cm³/mol. The van der Waals surface area contributed by atoms with Gasteiger partial charge in [0.05, 0.1) is 6.20 Å². The lowest BCUT2D eigenvalue weighted by Crippen LogP contribution is -2.38. The van der Waals surface area contributed by atoms with Crippen molar-refractivity contribution in [3.63, 3.8) is 0 Å². The van der Waals surface area contributed by atoms with Crippen molar-refractivity contribution in [2.75, 3.05) is 12.3 Å². The average molecular weight is 240 g/mol. The number of oxazole rings is 1. The molecule has 2 atom stereocenters. The van der Waals surface area contributed by atoms with E-state index in [1.54, 1.807) is 24.2 Å². The summed E-state index contributed by atoms with van der Waals surface area (Å²) < 4.78 is 5.17. The molecule has 0 aromatic carbocycles. The lowest BCUT2D eigenvalue weighted by atomic mass is 9.86. The summed E-state index contributed by atoms with van der Waals surface area (Å²) in [4.78, 5) is 4.08. The van der Waals surface area contributed by atoms with Gasteiger partial charge in [0.1, 0.15) is 6.26 Å². The van der Waals surface area contributed by atoms with Crippen molar-refractivity contribution in [1.82, 2.24) is 10.3 Å². The van der Waals surface area contributed by atoms with Gasteiger partial charge in [-0.15, -0.1) is 0 Å². The molecule has 1 N–H and O–H groups in total. The van der Waals surface area contributed by atoms with E-state index in [2.05, 4.69) is 17.2 Å². The molecular weight excluding hydrogens is 220 g/mol. The lowest BCUT2D eigenvalue weighted by molar-refractivity contribution is 0.285. The summed E-state index contributed by atoms with van der Waals surface area (Å²) in [5.41, 5.74) is 0. The highest BCUT2D eigenvalue weighted by Crippen LogP contribution is 2.23. The molecule has 2 rings (SSSR count). The molecular formula is C12H20N2OS. The first kappa shape index (κ1) is 12.0. The van der Waals surface area contributed by atoms with Crippen molar-refractivity contribution in [1.29, 1.82) is 0 Å². The van der Waals surface area contributed by atoms with Gasteiger partial charge in [-0.3, -0.25) is 0 Å². The number of aromatic nitrogens is 1. The summed E-state index contributed by atoms with van der Waals surface area (Å²) in [5.74, 6) is 1.87. The van der Waals surface area contributed by atoms with E-state index in [1.165, 1.54) is 25.7 Å². The molecule has 90 valence electrons. The molecule has 16 heavy (non-hydrogen) atoms. The summed E-state index contributed by atoms with van der Waals surface area (Å²) in [6.07, 6.45) is 8.83. The van der Waals surface area contributed by atoms with Gasteiger partial charge in [0.2, 0.25) is 0 Å². The lowest BCUT2D eigenvalue weighted by Gasteiger charge is -2.29. The number of rotatable bonds is 5. The molecule has 1 saturated carbocycles. The van der Waals surface area contributed by atoms with Crippen LogP contribution in [0, 0.1) is 5.92 Å². The molecule has 3 nitrogen and oxygen atoms in total. The number of hydrogen-bond acceptors (Lipinski definition) is 4. The van der Waals surface area contributed by atoms with Crippen molar-refractivity contribution in [2.24, 2.45) is 5.92 Å². The molecule has 0 bridgehead atoms. The summed E-state index contributed by atoms with van der Waals surface area (Å²) in [6, 6.07) is 0.721. The zero-order chi connectivity index (χ0) is 11.2. The second kappa shape index (κ2) is 6.30. The third kappa shape index (κ3) is 3.52. The van der Waals surface area contributed by atoms with E-state index in [9.17, 15) is 0 Å². The number of nitrogens with one attached hydrogen (secondary N) is 1. The Labute approximate surface area is 101 Å². The standard InChI is InChI=1S/C12H20N2OS/c1-10-4-2-3-5-11(10)13-7-9-16-12-14-6-8-15-12/h6,8,10-11,13H,2-5,7,9H2,1H3. The van der Waals surface area contributed by atoms with Gasteiger partial charge in [-0.2, -0.15) is 0 Å². The zero-order valence-corrected chi connectivity index (χ0v) is 10.6. The average Bonchev–Trinajstić information content (AvgIpc) is 2.79. The van der Waals surface area contributed by atoms with Crippen molar-refractivity contribution < 1.29 is 4.42 Å². The first-order chi connectivity index (χ1) is 7.86. The SMILES string of the molecule is CC1CCCCC1NCCSc1ncco1. The van der Waals surface area contributed by atoms with Crippen molar-refractivity contribution in [2.45, 2.75) is 43.9 Å². The van der Waals surface area contributed by atoms with Crippen LogP contribution < -0.4 is 5.32 Å². The normalized spacial score (nSPS) is 25.8. The van der Waals surface area contributed by atoms with E-state index in [4.69, 9.17) is 4.42 Å². The molecule has 1 aromatic rings. The van der Waals surface area contributed by atoms with Crippen LogP contribution in [0.3, 0.4) is 0 Å². The van der Waals surface area contributed by atoms with Crippen molar-refractivity contribution in [3.8, 4) is 0 Å². The summed E-state index contributed by atoms with van der Waals surface area (Å²) in [7, 11) is 0. The Bertz CT molecular complexity index is 289. The van der Waals surface area contributed by atoms with Crippen LogP contribution in [0.25, 0.3) is 0 Å². The molecule has 1 heterocycles. The van der Waals surface area contributed by atoms with E-state index in [1.807, 2.05) is 0 Å². The monoisotopic (exact) mass is 240 g/mol. The van der Waals surface area contributed by atoms with E-state index in [-0.39, 0.29) is 0 Å². The van der Waals surface area contributed by atoms with Crippen LogP contribution in [0.2, 0.25) is 0 Å². The predicted octanol–water partition coefficient (Wildman–Crippen LogP) is 2.94. The zero-order valence-electron chi connectivity index (χ0n) is 9.82. The third-order valence-corrected chi connectivity index (χ3v) is 4.11. The number of hydrogen-bond donors (Lipinski definition) is 1. The topological polar surface area (TPSA) is 38.1 Å². The minimum absolute atomic E-state index is 0.721. The fourth-order valence-electron chi connectivity index (χ4n) is 2.28. The van der Waals surface area contributed by atoms with E-state index >= 15 is 0 Å². The molecule has 1 fully saturated rings. The Morgan fingerprint density at radius 3 is 3.12 bits per heavy atom. The van der Waals surface area contributed by atoms with Crippen molar-refractivity contribution in [3.05, 3.63) is 12.5 Å². The van der Waals surface area contributed by atoms with Gasteiger partial charge in [-0.25, -0.2) is 4.98 Å². The molecule has 0 aliphatic heterocycles. The first-order valence-electron chi connectivity index (χ1n) is 6.12. The molecule has 1 aliphatic carbocycles. The number of nitrogens with zero attached hydrogens (tertiary/aromatic N) is 1. The van der Waals surface area contributed by atoms with Crippen LogP contribution in [0.5, 0.6) is 0 Å². The Kier molecular flexibility index (Phi) is 4.72. The molecule has 0 amide bonds. The third-order valence-electron chi connectivity index (χ3n) is 3.26. The highest BCUT2D eigenvalue weighted by molar-refractivity contribution is 7.99. The second-order valence-electron chi connectivity index (χ2n) is 4.47. The molecule has 4 heteroatoms. The number of thioether (sulfide) groups is 1. The van der Waals surface area contributed by atoms with Crippen LogP contribution in [-0.4, -0.2) is 23.3 Å². The van der Waals surface area contributed by atoms with Crippen molar-refractivity contribution >= 4 is 11.8 Å². The van der Waals surface area contributed by atoms with Crippen LogP contribution in [0.4, 0.5) is 0 Å². The smallest absolute Gasteiger partial charge is 0.255 e. The quantitative estimate of drug-likeness (QED) is 0.634. The molecule has 0 spiro atoms. The highest BCUT2D eigenvalue weighted by Gasteiger charge is 2.20. The summed E-state index contributed by atoms with van der Waals surface area (Å²) in [5, 5.41) is 4.42. The van der Waals surface area contributed by atoms with E-state index in [0.29, 0.717) is 0 Å². The van der Waals surface area contributed by atoms with Crippen LogP contribution in [0.15, 0.2) is 22.1 Å². The Balaban J connectivity index is 1.60. The largest absolute Gasteiger partial charge is 0.440 e. The van der Waals surface area contributed by atoms with Gasteiger partial charge in [-0.1, -0.05) is 31.5 Å². The minimum Gasteiger partial charge on any atom is -0.440 e.